The third kappa shape index (κ3) is 3.16. The first-order valence-electron chi connectivity index (χ1n) is 16.8. The Balaban J connectivity index is 1.16. The number of anilines is 3. The van der Waals surface area contributed by atoms with Crippen LogP contribution in [-0.4, -0.2) is 0 Å². The molecule has 0 amide bonds. The predicted molar refractivity (Wildman–Crippen MR) is 191 cm³/mol. The number of para-hydroxylation sites is 2. The van der Waals surface area contributed by atoms with Gasteiger partial charge in [-0.15, -0.1) is 0 Å². The molecule has 0 aromatic heterocycles. The van der Waals surface area contributed by atoms with E-state index in [1.807, 2.05) is 0 Å². The van der Waals surface area contributed by atoms with Gasteiger partial charge in [-0.1, -0.05) is 131 Å². The molecule has 0 N–H and O–H groups in total. The first-order chi connectivity index (χ1) is 22.3. The van der Waals surface area contributed by atoms with Crippen molar-refractivity contribution >= 4 is 17.1 Å². The summed E-state index contributed by atoms with van der Waals surface area (Å²) in [5, 5.41) is 0. The van der Waals surface area contributed by atoms with Crippen LogP contribution in [0.15, 0.2) is 127 Å². The fourth-order valence-corrected chi connectivity index (χ4v) is 9.69. The summed E-state index contributed by atoms with van der Waals surface area (Å²) in [6, 6.07) is 48.7. The lowest BCUT2D eigenvalue weighted by Crippen LogP contribution is -2.38. The quantitative estimate of drug-likeness (QED) is 0.184. The highest BCUT2D eigenvalue weighted by atomic mass is 15.2. The van der Waals surface area contributed by atoms with Crippen LogP contribution in [-0.2, 0) is 29.1 Å². The standard InChI is InChI=1S/C45H37N/c1-43(2)35-16-9-10-19-40(35)46-41-23-21-29(25-39(41)44(3,4)37-18-11-17-36(43)42(37)46)28-20-22-33-32-14-7-8-15-34(32)45(38(33)24-28)26-30-12-5-6-13-31(30)27-45/h5-25H,26-27H2,1-4H3. The van der Waals surface area contributed by atoms with Gasteiger partial charge < -0.3 is 4.90 Å². The van der Waals surface area contributed by atoms with Crippen LogP contribution in [0, 0.1) is 0 Å². The van der Waals surface area contributed by atoms with E-state index in [4.69, 9.17) is 0 Å². The summed E-state index contributed by atoms with van der Waals surface area (Å²) in [6.45, 7) is 9.60. The van der Waals surface area contributed by atoms with Gasteiger partial charge in [-0.05, 0) is 104 Å². The van der Waals surface area contributed by atoms with Crippen LogP contribution < -0.4 is 4.90 Å². The molecule has 1 nitrogen and oxygen atoms in total. The maximum Gasteiger partial charge on any atom is 0.0543 e. The molecule has 1 spiro atoms. The fraction of sp³-hybridized carbons (Fsp3) is 0.200. The summed E-state index contributed by atoms with van der Waals surface area (Å²) in [7, 11) is 0. The molecule has 0 saturated heterocycles. The molecule has 0 fully saturated rings. The first-order valence-corrected chi connectivity index (χ1v) is 16.8. The van der Waals surface area contributed by atoms with Gasteiger partial charge in [0, 0.05) is 16.2 Å². The molecule has 222 valence electrons. The van der Waals surface area contributed by atoms with E-state index in [-0.39, 0.29) is 16.2 Å². The highest BCUT2D eigenvalue weighted by Gasteiger charge is 2.48. The van der Waals surface area contributed by atoms with E-state index in [0.717, 1.165) is 12.8 Å². The van der Waals surface area contributed by atoms with Crippen molar-refractivity contribution in [2.24, 2.45) is 0 Å². The van der Waals surface area contributed by atoms with E-state index in [0.29, 0.717) is 0 Å². The summed E-state index contributed by atoms with van der Waals surface area (Å²) in [4.78, 5) is 2.56. The first kappa shape index (κ1) is 26.3. The van der Waals surface area contributed by atoms with Gasteiger partial charge in [-0.3, -0.25) is 0 Å². The Morgan fingerprint density at radius 2 is 0.957 bits per heavy atom. The Morgan fingerprint density at radius 3 is 1.70 bits per heavy atom. The van der Waals surface area contributed by atoms with Crippen molar-refractivity contribution in [3.8, 4) is 22.3 Å². The summed E-state index contributed by atoms with van der Waals surface area (Å²) < 4.78 is 0. The minimum absolute atomic E-state index is 0.00123. The van der Waals surface area contributed by atoms with Crippen LogP contribution >= 0.6 is 0 Å². The molecule has 2 heterocycles. The molecule has 6 aromatic carbocycles. The van der Waals surface area contributed by atoms with Crippen molar-refractivity contribution in [3.63, 3.8) is 0 Å². The van der Waals surface area contributed by atoms with Crippen LogP contribution in [0.4, 0.5) is 17.1 Å². The van der Waals surface area contributed by atoms with Crippen LogP contribution in [0.2, 0.25) is 0 Å². The maximum atomic E-state index is 2.56. The minimum Gasteiger partial charge on any atom is -0.309 e. The average Bonchev–Trinajstić information content (AvgIpc) is 3.60. The molecule has 0 radical (unpaired) electrons. The Labute approximate surface area is 272 Å². The monoisotopic (exact) mass is 591 g/mol. The Kier molecular flexibility index (Phi) is 4.97. The van der Waals surface area contributed by atoms with Gasteiger partial charge in [0.1, 0.15) is 0 Å². The molecular weight excluding hydrogens is 555 g/mol. The second kappa shape index (κ2) is 8.68. The lowest BCUT2D eigenvalue weighted by Gasteiger charge is -2.49. The molecule has 0 atom stereocenters. The summed E-state index contributed by atoms with van der Waals surface area (Å²) in [5.41, 5.74) is 20.7. The van der Waals surface area contributed by atoms with Crippen LogP contribution in [0.1, 0.15) is 72.2 Å². The molecule has 2 aliphatic heterocycles. The largest absolute Gasteiger partial charge is 0.309 e. The second-order valence-corrected chi connectivity index (χ2v) is 15.0. The van der Waals surface area contributed by atoms with Gasteiger partial charge in [0.25, 0.3) is 0 Å². The van der Waals surface area contributed by atoms with Crippen LogP contribution in [0.25, 0.3) is 22.3 Å². The molecular formula is C45H37N. The van der Waals surface area contributed by atoms with Crippen LogP contribution in [0.5, 0.6) is 0 Å². The summed E-state index contributed by atoms with van der Waals surface area (Å²) in [5.74, 6) is 0. The Bertz CT molecular complexity index is 2260. The van der Waals surface area contributed by atoms with Gasteiger partial charge in [-0.25, -0.2) is 0 Å². The SMILES string of the molecule is CC1(C)c2ccccc2N2c3ccc(-c4ccc5c(c4)C4(Cc6ccccc6C4)c4ccccc4-5)cc3C(C)(C)c3cccc1c32. The molecule has 0 unspecified atom stereocenters. The van der Waals surface area contributed by atoms with Crippen molar-refractivity contribution in [3.05, 3.63) is 172 Å². The lowest BCUT2D eigenvalue weighted by molar-refractivity contribution is 0.564. The average molecular weight is 592 g/mol. The van der Waals surface area contributed by atoms with E-state index >= 15 is 0 Å². The van der Waals surface area contributed by atoms with Gasteiger partial charge in [0.2, 0.25) is 0 Å². The van der Waals surface area contributed by atoms with Crippen molar-refractivity contribution in [1.82, 2.24) is 0 Å². The Hall–Kier alpha value is -4.88. The molecule has 4 aliphatic rings. The topological polar surface area (TPSA) is 3.24 Å². The number of hydrogen-bond acceptors (Lipinski definition) is 1. The number of nitrogens with zero attached hydrogens (tertiary/aromatic N) is 1. The number of hydrogen-bond donors (Lipinski definition) is 0. The van der Waals surface area contributed by atoms with Crippen molar-refractivity contribution in [2.45, 2.75) is 56.8 Å². The third-order valence-corrected chi connectivity index (χ3v) is 12.0. The zero-order chi connectivity index (χ0) is 31.0. The molecule has 1 heteroatoms. The summed E-state index contributed by atoms with van der Waals surface area (Å²) in [6.07, 6.45) is 2.13. The molecule has 0 saturated carbocycles. The molecule has 0 bridgehead atoms. The lowest BCUT2D eigenvalue weighted by atomic mass is 9.66. The molecule has 46 heavy (non-hydrogen) atoms. The van der Waals surface area contributed by atoms with Crippen molar-refractivity contribution < 1.29 is 0 Å². The molecule has 10 rings (SSSR count). The molecule has 2 aliphatic carbocycles. The third-order valence-electron chi connectivity index (χ3n) is 12.0. The second-order valence-electron chi connectivity index (χ2n) is 15.0. The Morgan fingerprint density at radius 1 is 0.435 bits per heavy atom. The number of benzene rings is 6. The van der Waals surface area contributed by atoms with Gasteiger partial charge in [0.05, 0.1) is 17.1 Å². The van der Waals surface area contributed by atoms with E-state index in [1.54, 1.807) is 0 Å². The van der Waals surface area contributed by atoms with Crippen molar-refractivity contribution in [1.29, 1.82) is 0 Å². The van der Waals surface area contributed by atoms with E-state index in [2.05, 4.69) is 160 Å². The predicted octanol–water partition coefficient (Wildman–Crippen LogP) is 11.2. The summed E-state index contributed by atoms with van der Waals surface area (Å²) >= 11 is 0. The van der Waals surface area contributed by atoms with Gasteiger partial charge in [-0.2, -0.15) is 0 Å². The normalized spacial score (nSPS) is 17.9. The number of rotatable bonds is 1. The van der Waals surface area contributed by atoms with Crippen molar-refractivity contribution in [2.75, 3.05) is 4.90 Å². The smallest absolute Gasteiger partial charge is 0.0543 e. The van der Waals surface area contributed by atoms with Gasteiger partial charge in [0.15, 0.2) is 0 Å². The zero-order valence-corrected chi connectivity index (χ0v) is 27.0. The fourth-order valence-electron chi connectivity index (χ4n) is 9.69. The highest BCUT2D eigenvalue weighted by Crippen LogP contribution is 2.61. The van der Waals surface area contributed by atoms with E-state index in [1.165, 1.54) is 83.8 Å². The van der Waals surface area contributed by atoms with Gasteiger partial charge >= 0.3 is 0 Å². The minimum atomic E-state index is -0.142. The van der Waals surface area contributed by atoms with E-state index < -0.39 is 0 Å². The maximum absolute atomic E-state index is 2.56. The molecule has 6 aromatic rings. The number of fused-ring (bicyclic) bond motifs is 10. The van der Waals surface area contributed by atoms with Crippen LogP contribution in [0.3, 0.4) is 0 Å². The van der Waals surface area contributed by atoms with E-state index in [9.17, 15) is 0 Å². The highest BCUT2D eigenvalue weighted by molar-refractivity contribution is 5.94. The zero-order valence-electron chi connectivity index (χ0n) is 27.0.